The Bertz CT molecular complexity index is 1420. The standard InChI is InChI=1S/C23H21ClF4N4O3S/c1-14-10-16(15(2)32(14)18-6-4-17(25)5-7-18)12-29-30-22(33)13-31(36(3,34)35)19-8-9-21(24)20(11-19)23(26,27)28/h4-12H,13H2,1-3H3,(H,30,33)/b29-12+. The quantitative estimate of drug-likeness (QED) is 0.263. The summed E-state index contributed by atoms with van der Waals surface area (Å²) in [6, 6.07) is 10.2. The number of amides is 1. The second-order valence-corrected chi connectivity index (χ2v) is 10.2. The molecular weight excluding hydrogens is 524 g/mol. The fourth-order valence-electron chi connectivity index (χ4n) is 3.53. The van der Waals surface area contributed by atoms with Gasteiger partial charge in [0.25, 0.3) is 5.91 Å². The van der Waals surface area contributed by atoms with Crippen molar-refractivity contribution in [3.8, 4) is 5.69 Å². The van der Waals surface area contributed by atoms with Crippen LogP contribution in [0.1, 0.15) is 22.5 Å². The molecule has 7 nitrogen and oxygen atoms in total. The molecule has 0 bridgehead atoms. The number of aryl methyl sites for hydroxylation is 1. The molecular formula is C23H21ClF4N4O3S. The van der Waals surface area contributed by atoms with Crippen LogP contribution in [0, 0.1) is 19.7 Å². The van der Waals surface area contributed by atoms with Gasteiger partial charge >= 0.3 is 6.18 Å². The summed E-state index contributed by atoms with van der Waals surface area (Å²) in [4.78, 5) is 12.4. The minimum atomic E-state index is -4.82. The molecule has 1 N–H and O–H groups in total. The molecule has 0 saturated heterocycles. The van der Waals surface area contributed by atoms with Crippen LogP contribution in [-0.4, -0.2) is 37.9 Å². The fraction of sp³-hybridized carbons (Fsp3) is 0.217. The number of hydrogen-bond acceptors (Lipinski definition) is 4. The molecule has 3 rings (SSSR count). The number of sulfonamides is 1. The number of carbonyl (C=O) groups excluding carboxylic acids is 1. The Labute approximate surface area is 210 Å². The predicted octanol–water partition coefficient (Wildman–Crippen LogP) is 4.82. The number of nitrogens with zero attached hydrogens (tertiary/aromatic N) is 3. The number of anilines is 1. The van der Waals surface area contributed by atoms with Crippen molar-refractivity contribution in [2.75, 3.05) is 17.1 Å². The summed E-state index contributed by atoms with van der Waals surface area (Å²) >= 11 is 5.60. The molecule has 2 aromatic carbocycles. The molecule has 13 heteroatoms. The van der Waals surface area contributed by atoms with E-state index < -0.39 is 39.2 Å². The molecule has 0 unspecified atom stereocenters. The molecule has 0 aliphatic carbocycles. The van der Waals surface area contributed by atoms with Gasteiger partial charge in [0.2, 0.25) is 10.0 Å². The van der Waals surface area contributed by atoms with Gasteiger partial charge in [-0.05, 0) is 62.4 Å². The lowest BCUT2D eigenvalue weighted by molar-refractivity contribution is -0.137. The summed E-state index contributed by atoms with van der Waals surface area (Å²) in [5, 5.41) is 3.24. The molecule has 0 atom stereocenters. The number of rotatable bonds is 7. The van der Waals surface area contributed by atoms with Crippen LogP contribution in [-0.2, 0) is 21.0 Å². The Kier molecular flexibility index (Phi) is 7.79. The van der Waals surface area contributed by atoms with Gasteiger partial charge < -0.3 is 4.57 Å². The number of halogens is 5. The molecule has 0 spiro atoms. The van der Waals surface area contributed by atoms with E-state index in [1.54, 1.807) is 25.1 Å². The van der Waals surface area contributed by atoms with Crippen molar-refractivity contribution in [1.29, 1.82) is 0 Å². The Morgan fingerprint density at radius 3 is 2.36 bits per heavy atom. The third-order valence-corrected chi connectivity index (χ3v) is 6.65. The largest absolute Gasteiger partial charge is 0.417 e. The van der Waals surface area contributed by atoms with Gasteiger partial charge in [0, 0.05) is 22.6 Å². The van der Waals surface area contributed by atoms with Crippen LogP contribution in [0.3, 0.4) is 0 Å². The average Bonchev–Trinajstić information content (AvgIpc) is 3.05. The molecule has 36 heavy (non-hydrogen) atoms. The lowest BCUT2D eigenvalue weighted by atomic mass is 10.2. The van der Waals surface area contributed by atoms with Crippen molar-refractivity contribution in [1.82, 2.24) is 9.99 Å². The molecule has 0 aliphatic heterocycles. The average molecular weight is 545 g/mol. The van der Waals surface area contributed by atoms with Gasteiger partial charge in [-0.1, -0.05) is 11.6 Å². The number of carbonyl (C=O) groups is 1. The molecule has 0 fully saturated rings. The van der Waals surface area contributed by atoms with E-state index in [-0.39, 0.29) is 11.5 Å². The Balaban J connectivity index is 1.78. The molecule has 1 aromatic heterocycles. The fourth-order valence-corrected chi connectivity index (χ4v) is 4.60. The lowest BCUT2D eigenvalue weighted by Crippen LogP contribution is -2.39. The second kappa shape index (κ2) is 10.3. The van der Waals surface area contributed by atoms with E-state index >= 15 is 0 Å². The van der Waals surface area contributed by atoms with Gasteiger partial charge in [0.15, 0.2) is 0 Å². The van der Waals surface area contributed by atoms with E-state index in [0.717, 1.165) is 35.5 Å². The van der Waals surface area contributed by atoms with Crippen LogP contribution in [0.15, 0.2) is 53.6 Å². The summed E-state index contributed by atoms with van der Waals surface area (Å²) in [5.74, 6) is -1.25. The Morgan fingerprint density at radius 2 is 1.78 bits per heavy atom. The summed E-state index contributed by atoms with van der Waals surface area (Å²) in [6.45, 7) is 2.81. The van der Waals surface area contributed by atoms with Gasteiger partial charge in [0.05, 0.1) is 28.7 Å². The minimum Gasteiger partial charge on any atom is -0.318 e. The number of benzene rings is 2. The van der Waals surface area contributed by atoms with Gasteiger partial charge in [-0.25, -0.2) is 18.2 Å². The first-order chi connectivity index (χ1) is 16.7. The summed E-state index contributed by atoms with van der Waals surface area (Å²) in [6.07, 6.45) is -2.71. The van der Waals surface area contributed by atoms with Gasteiger partial charge in [-0.3, -0.25) is 9.10 Å². The molecule has 1 heterocycles. The van der Waals surface area contributed by atoms with E-state index in [2.05, 4.69) is 10.5 Å². The molecule has 1 amide bonds. The highest BCUT2D eigenvalue weighted by atomic mass is 35.5. The first-order valence-electron chi connectivity index (χ1n) is 10.3. The van der Waals surface area contributed by atoms with Crippen LogP contribution in [0.25, 0.3) is 5.69 Å². The van der Waals surface area contributed by atoms with E-state index in [9.17, 15) is 30.8 Å². The SMILES string of the molecule is Cc1cc(/C=N/NC(=O)CN(c2ccc(Cl)c(C(F)(F)F)c2)S(C)(=O)=O)c(C)n1-c1ccc(F)cc1. The molecule has 192 valence electrons. The molecule has 0 radical (unpaired) electrons. The molecule has 0 aliphatic rings. The third-order valence-electron chi connectivity index (χ3n) is 5.18. The van der Waals surface area contributed by atoms with Crippen LogP contribution < -0.4 is 9.73 Å². The maximum Gasteiger partial charge on any atom is 0.417 e. The van der Waals surface area contributed by atoms with Crippen LogP contribution in [0.4, 0.5) is 23.2 Å². The highest BCUT2D eigenvalue weighted by molar-refractivity contribution is 7.92. The number of aromatic nitrogens is 1. The first kappa shape index (κ1) is 27.2. The highest BCUT2D eigenvalue weighted by Gasteiger charge is 2.34. The van der Waals surface area contributed by atoms with Gasteiger partial charge in [0.1, 0.15) is 12.4 Å². The van der Waals surface area contributed by atoms with Crippen molar-refractivity contribution in [3.05, 3.63) is 81.9 Å². The van der Waals surface area contributed by atoms with Crippen LogP contribution in [0.2, 0.25) is 5.02 Å². The van der Waals surface area contributed by atoms with Crippen molar-refractivity contribution in [3.63, 3.8) is 0 Å². The monoisotopic (exact) mass is 544 g/mol. The highest BCUT2D eigenvalue weighted by Crippen LogP contribution is 2.37. The van der Waals surface area contributed by atoms with E-state index in [1.165, 1.54) is 18.3 Å². The molecule has 0 saturated carbocycles. The van der Waals surface area contributed by atoms with Crippen molar-refractivity contribution in [2.24, 2.45) is 5.10 Å². The summed E-state index contributed by atoms with van der Waals surface area (Å²) in [7, 11) is -4.13. The summed E-state index contributed by atoms with van der Waals surface area (Å²) in [5.41, 5.74) is 3.49. The Hall–Kier alpha value is -3.38. The van der Waals surface area contributed by atoms with Gasteiger partial charge in [-0.2, -0.15) is 18.3 Å². The maximum absolute atomic E-state index is 13.2. The lowest BCUT2D eigenvalue weighted by Gasteiger charge is -2.22. The topological polar surface area (TPSA) is 83.8 Å². The van der Waals surface area contributed by atoms with E-state index in [1.807, 2.05) is 11.5 Å². The van der Waals surface area contributed by atoms with Crippen molar-refractivity contribution in [2.45, 2.75) is 20.0 Å². The van der Waals surface area contributed by atoms with Gasteiger partial charge in [-0.15, -0.1) is 0 Å². The number of hydrogen-bond donors (Lipinski definition) is 1. The van der Waals surface area contributed by atoms with E-state index in [4.69, 9.17) is 11.6 Å². The normalized spacial score (nSPS) is 12.2. The van der Waals surface area contributed by atoms with Crippen LogP contribution >= 0.6 is 11.6 Å². The van der Waals surface area contributed by atoms with Crippen molar-refractivity contribution < 1.29 is 30.8 Å². The predicted molar refractivity (Wildman–Crippen MR) is 130 cm³/mol. The zero-order valence-electron chi connectivity index (χ0n) is 19.3. The second-order valence-electron chi connectivity index (χ2n) is 7.86. The molecule has 3 aromatic rings. The summed E-state index contributed by atoms with van der Waals surface area (Å²) < 4.78 is 79.6. The number of nitrogens with one attached hydrogen (secondary N) is 1. The number of hydrazone groups is 1. The van der Waals surface area contributed by atoms with E-state index in [0.29, 0.717) is 15.9 Å². The number of alkyl halides is 3. The maximum atomic E-state index is 13.2. The van der Waals surface area contributed by atoms with Crippen LogP contribution in [0.5, 0.6) is 0 Å². The zero-order valence-corrected chi connectivity index (χ0v) is 20.8. The third kappa shape index (κ3) is 6.24. The van der Waals surface area contributed by atoms with Crippen molar-refractivity contribution >= 4 is 39.4 Å². The zero-order chi connectivity index (χ0) is 26.8. The first-order valence-corrected chi connectivity index (χ1v) is 12.5. The smallest absolute Gasteiger partial charge is 0.318 e. The minimum absolute atomic E-state index is 0.373. The Morgan fingerprint density at radius 1 is 1.14 bits per heavy atom.